The van der Waals surface area contributed by atoms with Crippen LogP contribution in [-0.2, 0) is 16.1 Å². The Hall–Kier alpha value is -2.55. The summed E-state index contributed by atoms with van der Waals surface area (Å²) in [6.45, 7) is 3.23. The highest BCUT2D eigenvalue weighted by molar-refractivity contribution is 5.95. The molecule has 8 heteroatoms. The lowest BCUT2D eigenvalue weighted by Crippen LogP contribution is -2.54. The number of carbonyl (C=O) groups excluding carboxylic acids is 1. The molecule has 1 aliphatic carbocycles. The van der Waals surface area contributed by atoms with Crippen molar-refractivity contribution >= 4 is 5.91 Å². The summed E-state index contributed by atoms with van der Waals surface area (Å²) in [5.74, 6) is -2.39. The normalized spacial score (nSPS) is 23.7. The van der Waals surface area contributed by atoms with Gasteiger partial charge in [-0.2, -0.15) is 0 Å². The lowest BCUT2D eigenvalue weighted by atomic mass is 9.89. The average Bonchev–Trinajstić information content (AvgIpc) is 3.36. The fraction of sp³-hybridized carbons (Fsp3) is 0.536. The van der Waals surface area contributed by atoms with Crippen LogP contribution in [0.15, 0.2) is 30.3 Å². The highest BCUT2D eigenvalue weighted by atomic mass is 19.1. The summed E-state index contributed by atoms with van der Waals surface area (Å²) in [5, 5.41) is 2.59. The van der Waals surface area contributed by atoms with Crippen LogP contribution in [0.4, 0.5) is 8.78 Å². The van der Waals surface area contributed by atoms with E-state index in [0.29, 0.717) is 24.3 Å². The summed E-state index contributed by atoms with van der Waals surface area (Å²) in [5.41, 5.74) is 1.27. The summed E-state index contributed by atoms with van der Waals surface area (Å²) >= 11 is 0. The van der Waals surface area contributed by atoms with Gasteiger partial charge >= 0.3 is 0 Å². The molecule has 4 aliphatic rings. The summed E-state index contributed by atoms with van der Waals surface area (Å²) in [6, 6.07) is 8.62. The monoisotopic (exact) mass is 498 g/mol. The Bertz CT molecular complexity index is 1120. The Kier molecular flexibility index (Phi) is 6.44. The number of rotatable bonds is 5. The number of nitrogens with one attached hydrogen (secondary N) is 1. The molecule has 3 heterocycles. The molecule has 1 atom stereocenters. The Labute approximate surface area is 209 Å². The highest BCUT2D eigenvalue weighted by Crippen LogP contribution is 2.40. The first-order valence-electron chi connectivity index (χ1n) is 13.1. The van der Waals surface area contributed by atoms with Gasteiger partial charge in [-0.05, 0) is 61.1 Å². The van der Waals surface area contributed by atoms with Crippen LogP contribution in [0.25, 0.3) is 11.1 Å². The summed E-state index contributed by atoms with van der Waals surface area (Å²) in [4.78, 5) is 15.0. The molecule has 0 bridgehead atoms. The number of ether oxygens (including phenoxy) is 3. The number of likely N-dealkylation sites (tertiary alicyclic amines) is 1. The van der Waals surface area contributed by atoms with E-state index in [9.17, 15) is 13.6 Å². The van der Waals surface area contributed by atoms with E-state index in [0.717, 1.165) is 56.1 Å². The third-order valence-electron chi connectivity index (χ3n) is 8.11. The molecule has 1 spiro atoms. The standard InChI is InChI=1S/C28H32F2N2O4/c29-23-14-19(15-24(30)26(23)27(33)31-16-22-5-2-12-34-22)18-6-7-25-20(13-18)17-35-28(36-25)8-10-32(11-9-28)21-3-1-4-21/h6-7,13-15,21-22H,1-5,8-12,16-17H2,(H,31,33)/t22-/m0/s1. The summed E-state index contributed by atoms with van der Waals surface area (Å²) in [7, 11) is 0. The molecule has 0 aromatic heterocycles. The molecule has 3 fully saturated rings. The second kappa shape index (κ2) is 9.72. The maximum atomic E-state index is 14.9. The Balaban J connectivity index is 1.14. The zero-order chi connectivity index (χ0) is 24.7. The molecular formula is C28H32F2N2O4. The molecule has 1 amide bonds. The average molecular weight is 499 g/mol. The van der Waals surface area contributed by atoms with Gasteiger partial charge in [0.05, 0.1) is 12.7 Å². The van der Waals surface area contributed by atoms with E-state index in [1.807, 2.05) is 12.1 Å². The number of piperidine rings is 1. The van der Waals surface area contributed by atoms with Gasteiger partial charge in [0.15, 0.2) is 0 Å². The molecule has 3 aliphatic heterocycles. The summed E-state index contributed by atoms with van der Waals surface area (Å²) < 4.78 is 47.7. The molecule has 2 aromatic rings. The predicted octanol–water partition coefficient (Wildman–Crippen LogP) is 4.79. The molecule has 0 unspecified atom stereocenters. The van der Waals surface area contributed by atoms with Crippen molar-refractivity contribution in [3.05, 3.63) is 53.1 Å². The van der Waals surface area contributed by atoms with Crippen molar-refractivity contribution < 1.29 is 27.8 Å². The summed E-state index contributed by atoms with van der Waals surface area (Å²) in [6.07, 6.45) is 7.23. The van der Waals surface area contributed by atoms with E-state index in [2.05, 4.69) is 10.2 Å². The minimum Gasteiger partial charge on any atom is -0.462 e. The van der Waals surface area contributed by atoms with Gasteiger partial charge in [0.1, 0.15) is 22.9 Å². The second-order valence-corrected chi connectivity index (χ2v) is 10.4. The van der Waals surface area contributed by atoms with Crippen LogP contribution >= 0.6 is 0 Å². The molecule has 192 valence electrons. The van der Waals surface area contributed by atoms with Gasteiger partial charge in [-0.1, -0.05) is 12.5 Å². The number of hydrogen-bond acceptors (Lipinski definition) is 5. The molecule has 2 saturated heterocycles. The van der Waals surface area contributed by atoms with Crippen LogP contribution in [0, 0.1) is 11.6 Å². The molecule has 6 rings (SSSR count). The fourth-order valence-corrected chi connectivity index (χ4v) is 5.70. The van der Waals surface area contributed by atoms with E-state index in [-0.39, 0.29) is 12.6 Å². The van der Waals surface area contributed by atoms with E-state index >= 15 is 0 Å². The van der Waals surface area contributed by atoms with Gasteiger partial charge in [-0.15, -0.1) is 0 Å². The lowest BCUT2D eigenvalue weighted by molar-refractivity contribution is -0.231. The first kappa shape index (κ1) is 23.8. The largest absolute Gasteiger partial charge is 0.462 e. The van der Waals surface area contributed by atoms with Gasteiger partial charge in [0.25, 0.3) is 5.91 Å². The Morgan fingerprint density at radius 2 is 1.81 bits per heavy atom. The number of nitrogens with zero attached hydrogens (tertiary/aromatic N) is 1. The van der Waals surface area contributed by atoms with Gasteiger partial charge in [0.2, 0.25) is 5.79 Å². The minimum absolute atomic E-state index is 0.103. The van der Waals surface area contributed by atoms with Gasteiger partial charge in [-0.3, -0.25) is 9.69 Å². The van der Waals surface area contributed by atoms with E-state index in [1.54, 1.807) is 6.07 Å². The number of carbonyl (C=O) groups is 1. The van der Waals surface area contributed by atoms with Gasteiger partial charge in [0, 0.05) is 50.7 Å². The zero-order valence-electron chi connectivity index (χ0n) is 20.4. The zero-order valence-corrected chi connectivity index (χ0v) is 20.4. The highest BCUT2D eigenvalue weighted by Gasteiger charge is 2.42. The third kappa shape index (κ3) is 4.62. The molecule has 1 N–H and O–H groups in total. The number of benzene rings is 2. The van der Waals surface area contributed by atoms with E-state index in [4.69, 9.17) is 14.2 Å². The first-order valence-corrected chi connectivity index (χ1v) is 13.1. The van der Waals surface area contributed by atoms with Crippen LogP contribution in [0.2, 0.25) is 0 Å². The molecule has 1 saturated carbocycles. The maximum Gasteiger partial charge on any atom is 0.257 e. The van der Waals surface area contributed by atoms with Crippen LogP contribution in [0.3, 0.4) is 0 Å². The van der Waals surface area contributed by atoms with Crippen LogP contribution in [0.1, 0.15) is 60.9 Å². The SMILES string of the molecule is O=C(NC[C@@H]1CCCO1)c1c(F)cc(-c2ccc3c(c2)COC2(CCN(C4CCC4)CC2)O3)cc1F. The van der Waals surface area contributed by atoms with Crippen molar-refractivity contribution in [2.45, 2.75) is 69.5 Å². The number of amides is 1. The van der Waals surface area contributed by atoms with Gasteiger partial charge < -0.3 is 19.5 Å². The van der Waals surface area contributed by atoms with Gasteiger partial charge in [-0.25, -0.2) is 8.78 Å². The third-order valence-corrected chi connectivity index (χ3v) is 8.11. The quantitative estimate of drug-likeness (QED) is 0.642. The Morgan fingerprint density at radius 3 is 2.47 bits per heavy atom. The number of halogens is 2. The molecule has 36 heavy (non-hydrogen) atoms. The first-order chi connectivity index (χ1) is 17.5. The maximum absolute atomic E-state index is 14.9. The molecule has 6 nitrogen and oxygen atoms in total. The topological polar surface area (TPSA) is 60.0 Å². The fourth-order valence-electron chi connectivity index (χ4n) is 5.70. The van der Waals surface area contributed by atoms with Crippen molar-refractivity contribution in [3.63, 3.8) is 0 Å². The van der Waals surface area contributed by atoms with Crippen molar-refractivity contribution in [1.29, 1.82) is 0 Å². The number of fused-ring (bicyclic) bond motifs is 1. The predicted molar refractivity (Wildman–Crippen MR) is 130 cm³/mol. The van der Waals surface area contributed by atoms with Crippen molar-refractivity contribution in [3.8, 4) is 16.9 Å². The van der Waals surface area contributed by atoms with Crippen molar-refractivity contribution in [2.75, 3.05) is 26.2 Å². The smallest absolute Gasteiger partial charge is 0.257 e. The Morgan fingerprint density at radius 1 is 1.03 bits per heavy atom. The lowest BCUT2D eigenvalue weighted by Gasteiger charge is -2.47. The molecular weight excluding hydrogens is 466 g/mol. The van der Waals surface area contributed by atoms with Crippen LogP contribution < -0.4 is 10.1 Å². The molecule has 2 aromatic carbocycles. The van der Waals surface area contributed by atoms with E-state index in [1.165, 1.54) is 31.4 Å². The van der Waals surface area contributed by atoms with Crippen LogP contribution in [-0.4, -0.2) is 55.0 Å². The van der Waals surface area contributed by atoms with E-state index < -0.39 is 28.9 Å². The second-order valence-electron chi connectivity index (χ2n) is 10.4. The van der Waals surface area contributed by atoms with Crippen molar-refractivity contribution in [2.24, 2.45) is 0 Å². The minimum atomic E-state index is -0.891. The van der Waals surface area contributed by atoms with Crippen molar-refractivity contribution in [1.82, 2.24) is 10.2 Å². The van der Waals surface area contributed by atoms with Crippen LogP contribution in [0.5, 0.6) is 5.75 Å². The molecule has 0 radical (unpaired) electrons. The number of hydrogen-bond donors (Lipinski definition) is 1.